The number of nitrogens with zero attached hydrogens (tertiary/aromatic N) is 5. The van der Waals surface area contributed by atoms with Gasteiger partial charge in [0.15, 0.2) is 0 Å². The number of aliphatic hydroxyl groups excluding tert-OH is 1. The van der Waals surface area contributed by atoms with E-state index < -0.39 is 6.41 Å². The largest absolute Gasteiger partial charge is 0.356 e. The lowest BCUT2D eigenvalue weighted by Gasteiger charge is -2.33. The van der Waals surface area contributed by atoms with Crippen molar-refractivity contribution in [2.45, 2.75) is 45.1 Å². The van der Waals surface area contributed by atoms with Crippen LogP contribution in [0.1, 0.15) is 49.9 Å². The van der Waals surface area contributed by atoms with E-state index in [0.29, 0.717) is 37.3 Å². The monoisotopic (exact) mass is 516 g/mol. The first-order valence-electron chi connectivity index (χ1n) is 13.1. The molecule has 0 radical (unpaired) electrons. The molecular formula is C29H33FN6O2. The molecule has 1 fully saturated rings. The van der Waals surface area contributed by atoms with Gasteiger partial charge >= 0.3 is 0 Å². The molecule has 2 N–H and O–H groups in total. The summed E-state index contributed by atoms with van der Waals surface area (Å²) < 4.78 is 21.0. The maximum absolute atomic E-state index is 13.7. The summed E-state index contributed by atoms with van der Waals surface area (Å²) in [4.78, 5) is 16.2. The van der Waals surface area contributed by atoms with Crippen molar-refractivity contribution in [1.29, 1.82) is 0 Å². The number of halogens is 1. The SMILES string of the molecule is CCOC(O)N1CCC(c2cn(-c3ccnc(N[C@@H](C)c4ccccc4)n3)c(-c3ccc(F)cc3)n2)CC1. The Labute approximate surface area is 222 Å². The molecule has 3 heterocycles. The molecule has 4 aromatic rings. The Balaban J connectivity index is 1.43. The normalized spacial score (nSPS) is 16.3. The Bertz CT molecular complexity index is 1320. The van der Waals surface area contributed by atoms with Crippen LogP contribution in [0.15, 0.2) is 73.1 Å². The number of anilines is 1. The fraction of sp³-hybridized carbons (Fsp3) is 0.345. The highest BCUT2D eigenvalue weighted by molar-refractivity contribution is 5.59. The van der Waals surface area contributed by atoms with Crippen molar-refractivity contribution >= 4 is 5.95 Å². The molecule has 1 aliphatic heterocycles. The molecule has 38 heavy (non-hydrogen) atoms. The molecule has 1 aliphatic rings. The summed E-state index contributed by atoms with van der Waals surface area (Å²) in [5, 5.41) is 13.6. The first-order valence-corrected chi connectivity index (χ1v) is 13.1. The van der Waals surface area contributed by atoms with Crippen molar-refractivity contribution < 1.29 is 14.2 Å². The van der Waals surface area contributed by atoms with Crippen LogP contribution in [0.4, 0.5) is 10.3 Å². The van der Waals surface area contributed by atoms with E-state index in [2.05, 4.69) is 29.4 Å². The Morgan fingerprint density at radius 1 is 1.05 bits per heavy atom. The Morgan fingerprint density at radius 3 is 2.50 bits per heavy atom. The smallest absolute Gasteiger partial charge is 0.225 e. The van der Waals surface area contributed by atoms with Gasteiger partial charge in [0, 0.05) is 43.6 Å². The molecule has 0 spiro atoms. The molecule has 1 saturated heterocycles. The van der Waals surface area contributed by atoms with Gasteiger partial charge < -0.3 is 15.2 Å². The van der Waals surface area contributed by atoms with Crippen molar-refractivity contribution in [3.8, 4) is 17.2 Å². The van der Waals surface area contributed by atoms with Crippen molar-refractivity contribution in [2.24, 2.45) is 0 Å². The Morgan fingerprint density at radius 2 is 1.79 bits per heavy atom. The lowest BCUT2D eigenvalue weighted by atomic mass is 9.94. The summed E-state index contributed by atoms with van der Waals surface area (Å²) in [5.74, 6) is 1.80. The highest BCUT2D eigenvalue weighted by Crippen LogP contribution is 2.32. The van der Waals surface area contributed by atoms with Gasteiger partial charge in [-0.15, -0.1) is 0 Å². The van der Waals surface area contributed by atoms with Gasteiger partial charge in [-0.2, -0.15) is 4.98 Å². The third-order valence-corrected chi connectivity index (χ3v) is 6.94. The van der Waals surface area contributed by atoms with Crippen LogP contribution in [-0.4, -0.2) is 55.6 Å². The van der Waals surface area contributed by atoms with Crippen LogP contribution < -0.4 is 5.32 Å². The Hall–Kier alpha value is -3.66. The second-order valence-electron chi connectivity index (χ2n) is 9.47. The second kappa shape index (κ2) is 11.8. The number of ether oxygens (including phenoxy) is 1. The Kier molecular flexibility index (Phi) is 8.07. The number of rotatable bonds is 9. The van der Waals surface area contributed by atoms with Gasteiger partial charge in [-0.25, -0.2) is 14.4 Å². The number of hydrogen-bond donors (Lipinski definition) is 2. The third kappa shape index (κ3) is 5.91. The van der Waals surface area contributed by atoms with Crippen molar-refractivity contribution in [3.05, 3.63) is 90.1 Å². The third-order valence-electron chi connectivity index (χ3n) is 6.94. The highest BCUT2D eigenvalue weighted by atomic mass is 19.1. The van der Waals surface area contributed by atoms with Crippen LogP contribution in [0.2, 0.25) is 0 Å². The maximum atomic E-state index is 13.7. The number of imidazole rings is 1. The number of likely N-dealkylation sites (tertiary alicyclic amines) is 1. The first-order chi connectivity index (χ1) is 18.5. The lowest BCUT2D eigenvalue weighted by Crippen LogP contribution is -2.42. The van der Waals surface area contributed by atoms with Crippen LogP contribution in [0.5, 0.6) is 0 Å². The molecule has 1 unspecified atom stereocenters. The van der Waals surface area contributed by atoms with Crippen molar-refractivity contribution in [2.75, 3.05) is 25.0 Å². The molecule has 8 nitrogen and oxygen atoms in total. The van der Waals surface area contributed by atoms with Gasteiger partial charge in [-0.05, 0) is 62.6 Å². The summed E-state index contributed by atoms with van der Waals surface area (Å²) >= 11 is 0. The molecule has 0 aliphatic carbocycles. The predicted octanol–water partition coefficient (Wildman–Crippen LogP) is 5.13. The zero-order valence-corrected chi connectivity index (χ0v) is 21.7. The number of aliphatic hydroxyl groups is 1. The van der Waals surface area contributed by atoms with Gasteiger partial charge in [-0.3, -0.25) is 9.47 Å². The molecule has 2 aromatic carbocycles. The summed E-state index contributed by atoms with van der Waals surface area (Å²) in [6, 6.07) is 18.4. The number of benzene rings is 2. The summed E-state index contributed by atoms with van der Waals surface area (Å²) in [7, 11) is 0. The zero-order chi connectivity index (χ0) is 26.5. The van der Waals surface area contributed by atoms with Crippen LogP contribution >= 0.6 is 0 Å². The summed E-state index contributed by atoms with van der Waals surface area (Å²) in [6.07, 6.45) is 4.55. The lowest BCUT2D eigenvalue weighted by molar-refractivity contribution is -0.195. The van der Waals surface area contributed by atoms with Gasteiger partial charge in [0.2, 0.25) is 12.4 Å². The number of hydrogen-bond acceptors (Lipinski definition) is 7. The van der Waals surface area contributed by atoms with E-state index in [4.69, 9.17) is 14.7 Å². The second-order valence-corrected chi connectivity index (χ2v) is 9.47. The first kappa shape index (κ1) is 26.0. The molecule has 0 amide bonds. The standard InChI is InChI=1S/C29H33FN6O2/c1-3-38-29(37)35-17-14-22(15-18-35)25-19-36(27(33-25)23-9-11-24(30)12-10-23)26-13-16-31-28(34-26)32-20(2)21-7-5-4-6-8-21/h4-13,16,19-20,22,29,37H,3,14-15,17-18H2,1-2H3,(H,31,32,34)/t20-,29?/m0/s1. The molecule has 0 saturated carbocycles. The van der Waals surface area contributed by atoms with Crippen LogP contribution in [0, 0.1) is 5.82 Å². The van der Waals surface area contributed by atoms with Crippen LogP contribution in [-0.2, 0) is 4.74 Å². The van der Waals surface area contributed by atoms with E-state index in [-0.39, 0.29) is 17.8 Å². The minimum atomic E-state index is -0.876. The molecule has 2 atom stereocenters. The highest BCUT2D eigenvalue weighted by Gasteiger charge is 2.27. The van der Waals surface area contributed by atoms with E-state index in [1.54, 1.807) is 18.3 Å². The predicted molar refractivity (Wildman–Crippen MR) is 144 cm³/mol. The summed E-state index contributed by atoms with van der Waals surface area (Å²) in [5.41, 5.74) is 2.88. The van der Waals surface area contributed by atoms with Gasteiger partial charge in [-0.1, -0.05) is 30.3 Å². The summed E-state index contributed by atoms with van der Waals surface area (Å²) in [6.45, 7) is 5.83. The topological polar surface area (TPSA) is 88.3 Å². The van der Waals surface area contributed by atoms with E-state index >= 15 is 0 Å². The van der Waals surface area contributed by atoms with Crippen LogP contribution in [0.3, 0.4) is 0 Å². The number of piperidine rings is 1. The van der Waals surface area contributed by atoms with Gasteiger partial charge in [0.05, 0.1) is 11.7 Å². The number of aromatic nitrogens is 4. The molecular weight excluding hydrogens is 483 g/mol. The fourth-order valence-corrected chi connectivity index (χ4v) is 4.81. The molecule has 5 rings (SSSR count). The van der Waals surface area contributed by atoms with E-state index in [0.717, 1.165) is 29.7 Å². The molecule has 198 valence electrons. The average molecular weight is 517 g/mol. The minimum absolute atomic E-state index is 0.0265. The van der Waals surface area contributed by atoms with Gasteiger partial charge in [0.1, 0.15) is 17.5 Å². The maximum Gasteiger partial charge on any atom is 0.225 e. The quantitative estimate of drug-likeness (QED) is 0.298. The number of nitrogens with one attached hydrogen (secondary N) is 1. The molecule has 0 bridgehead atoms. The van der Waals surface area contributed by atoms with E-state index in [1.165, 1.54) is 12.1 Å². The zero-order valence-electron chi connectivity index (χ0n) is 21.7. The van der Waals surface area contributed by atoms with Crippen molar-refractivity contribution in [1.82, 2.24) is 24.4 Å². The fourth-order valence-electron chi connectivity index (χ4n) is 4.81. The molecule has 2 aromatic heterocycles. The average Bonchev–Trinajstić information content (AvgIpc) is 3.40. The van der Waals surface area contributed by atoms with Crippen molar-refractivity contribution in [3.63, 3.8) is 0 Å². The van der Waals surface area contributed by atoms with Gasteiger partial charge in [0.25, 0.3) is 0 Å². The van der Waals surface area contributed by atoms with E-state index in [9.17, 15) is 9.50 Å². The van der Waals surface area contributed by atoms with Crippen LogP contribution in [0.25, 0.3) is 17.2 Å². The van der Waals surface area contributed by atoms with E-state index in [1.807, 2.05) is 46.9 Å². The minimum Gasteiger partial charge on any atom is -0.356 e. The molecule has 9 heteroatoms.